The van der Waals surface area contributed by atoms with Gasteiger partial charge in [0.15, 0.2) is 0 Å². The SMILES string of the molecule is CCC(C)CC(CC)(CC)OC(=O)C(C)(C)CC(CC)(CC)C(OC(=O)C(C)(C)CC(C)(C)C(O)C(C)(CC)CC(C)CC)C(C)(CC)CC(C)(CC)CC. The fraction of sp³-hybridized carbons (Fsp3) is 0.960. The predicted octanol–water partition coefficient (Wildman–Crippen LogP) is 14.9. The topological polar surface area (TPSA) is 72.8 Å². The fourth-order valence-electron chi connectivity index (χ4n) is 10.5. The van der Waals surface area contributed by atoms with Crippen LogP contribution in [0.1, 0.15) is 242 Å². The van der Waals surface area contributed by atoms with Crippen molar-refractivity contribution in [2.45, 2.75) is 260 Å². The van der Waals surface area contributed by atoms with Crippen LogP contribution in [0, 0.1) is 49.7 Å². The summed E-state index contributed by atoms with van der Waals surface area (Å²) in [5, 5.41) is 12.1. The first-order valence-corrected chi connectivity index (χ1v) is 23.2. The van der Waals surface area contributed by atoms with E-state index in [4.69, 9.17) is 9.47 Å². The zero-order chi connectivity index (χ0) is 43.5. The highest BCUT2D eigenvalue weighted by molar-refractivity contribution is 5.77. The number of aliphatic hydroxyl groups is 1. The third-order valence-corrected chi connectivity index (χ3v) is 15.7. The van der Waals surface area contributed by atoms with Gasteiger partial charge in [0.2, 0.25) is 0 Å². The molecule has 5 heteroatoms. The van der Waals surface area contributed by atoms with Crippen molar-refractivity contribution in [3.8, 4) is 0 Å². The molecule has 0 aromatic rings. The van der Waals surface area contributed by atoms with Crippen molar-refractivity contribution in [3.63, 3.8) is 0 Å². The minimum atomic E-state index is -0.847. The van der Waals surface area contributed by atoms with Gasteiger partial charge in [-0.15, -0.1) is 0 Å². The molecule has 0 fully saturated rings. The van der Waals surface area contributed by atoms with E-state index < -0.39 is 39.5 Å². The third-order valence-electron chi connectivity index (χ3n) is 15.7. The van der Waals surface area contributed by atoms with Gasteiger partial charge in [0, 0.05) is 10.8 Å². The number of rotatable bonds is 28. The zero-order valence-corrected chi connectivity index (χ0v) is 41.0. The maximum absolute atomic E-state index is 15.0. The Balaban J connectivity index is 7.32. The van der Waals surface area contributed by atoms with E-state index >= 15 is 0 Å². The molecule has 0 aliphatic heterocycles. The molecular formula is C50H98O5. The van der Waals surface area contributed by atoms with Gasteiger partial charge >= 0.3 is 11.9 Å². The van der Waals surface area contributed by atoms with Crippen molar-refractivity contribution in [1.29, 1.82) is 0 Å². The Morgan fingerprint density at radius 2 is 0.964 bits per heavy atom. The number of carbonyl (C=O) groups is 2. The van der Waals surface area contributed by atoms with Gasteiger partial charge in [-0.05, 0) is 126 Å². The first-order chi connectivity index (χ1) is 25.1. The lowest BCUT2D eigenvalue weighted by Crippen LogP contribution is -2.54. The highest BCUT2D eigenvalue weighted by atomic mass is 16.6. The van der Waals surface area contributed by atoms with Crippen molar-refractivity contribution in [2.24, 2.45) is 49.7 Å². The second-order valence-electron chi connectivity index (χ2n) is 21.8. The van der Waals surface area contributed by atoms with Crippen molar-refractivity contribution in [2.75, 3.05) is 0 Å². The van der Waals surface area contributed by atoms with Crippen LogP contribution in [-0.4, -0.2) is 34.9 Å². The van der Waals surface area contributed by atoms with Crippen LogP contribution < -0.4 is 0 Å². The summed E-state index contributed by atoms with van der Waals surface area (Å²) in [7, 11) is 0. The summed E-state index contributed by atoms with van der Waals surface area (Å²) in [5.74, 6) is 0.624. The van der Waals surface area contributed by atoms with Crippen molar-refractivity contribution >= 4 is 11.9 Å². The van der Waals surface area contributed by atoms with E-state index in [9.17, 15) is 14.7 Å². The van der Waals surface area contributed by atoms with Crippen LogP contribution in [0.3, 0.4) is 0 Å². The molecule has 328 valence electrons. The van der Waals surface area contributed by atoms with E-state index in [0.29, 0.717) is 24.7 Å². The maximum atomic E-state index is 15.0. The lowest BCUT2D eigenvalue weighted by atomic mass is 9.56. The van der Waals surface area contributed by atoms with Gasteiger partial charge in [0.05, 0.1) is 16.9 Å². The van der Waals surface area contributed by atoms with Crippen LogP contribution in [0.4, 0.5) is 0 Å². The molecule has 0 radical (unpaired) electrons. The lowest BCUT2D eigenvalue weighted by Gasteiger charge is -2.53. The van der Waals surface area contributed by atoms with Crippen LogP contribution in [0.2, 0.25) is 0 Å². The molecule has 6 atom stereocenters. The van der Waals surface area contributed by atoms with Crippen molar-refractivity contribution < 1.29 is 24.2 Å². The highest BCUT2D eigenvalue weighted by Crippen LogP contribution is 2.56. The van der Waals surface area contributed by atoms with Gasteiger partial charge in [0.25, 0.3) is 0 Å². The highest BCUT2D eigenvalue weighted by Gasteiger charge is 2.55. The molecule has 55 heavy (non-hydrogen) atoms. The molecule has 0 heterocycles. The summed E-state index contributed by atoms with van der Waals surface area (Å²) >= 11 is 0. The summed E-state index contributed by atoms with van der Waals surface area (Å²) in [6.45, 7) is 46.0. The van der Waals surface area contributed by atoms with E-state index in [1.54, 1.807) is 0 Å². The lowest BCUT2D eigenvalue weighted by molar-refractivity contribution is -0.195. The van der Waals surface area contributed by atoms with Gasteiger partial charge in [-0.25, -0.2) is 0 Å². The molecular weight excluding hydrogens is 681 g/mol. The molecule has 0 rings (SSSR count). The molecule has 0 aromatic carbocycles. The van der Waals surface area contributed by atoms with Gasteiger partial charge in [-0.1, -0.05) is 143 Å². The Kier molecular flexibility index (Phi) is 20.8. The maximum Gasteiger partial charge on any atom is 0.312 e. The molecule has 0 amide bonds. The number of aliphatic hydroxyl groups excluding tert-OH is 1. The largest absolute Gasteiger partial charge is 0.461 e. The van der Waals surface area contributed by atoms with Crippen molar-refractivity contribution in [1.82, 2.24) is 0 Å². The minimum Gasteiger partial charge on any atom is -0.461 e. The number of esters is 2. The normalized spacial score (nSPS) is 18.1. The number of ether oxygens (including phenoxy) is 2. The fourth-order valence-corrected chi connectivity index (χ4v) is 10.5. The second-order valence-corrected chi connectivity index (χ2v) is 21.8. The van der Waals surface area contributed by atoms with Gasteiger partial charge in [-0.3, -0.25) is 9.59 Å². The third kappa shape index (κ3) is 13.7. The van der Waals surface area contributed by atoms with Crippen molar-refractivity contribution in [3.05, 3.63) is 0 Å². The Morgan fingerprint density at radius 3 is 1.35 bits per heavy atom. The molecule has 5 nitrogen and oxygen atoms in total. The van der Waals surface area contributed by atoms with E-state index in [0.717, 1.165) is 83.5 Å². The Bertz CT molecular complexity index is 1140. The van der Waals surface area contributed by atoms with Gasteiger partial charge in [0.1, 0.15) is 11.7 Å². The van der Waals surface area contributed by atoms with Crippen LogP contribution in [0.5, 0.6) is 0 Å². The van der Waals surface area contributed by atoms with E-state index in [-0.39, 0.29) is 28.2 Å². The predicted molar refractivity (Wildman–Crippen MR) is 237 cm³/mol. The smallest absolute Gasteiger partial charge is 0.312 e. The van der Waals surface area contributed by atoms with Crippen LogP contribution in [0.25, 0.3) is 0 Å². The summed E-state index contributed by atoms with van der Waals surface area (Å²) in [6.07, 6.45) is 11.9. The molecule has 1 N–H and O–H groups in total. The molecule has 0 aliphatic carbocycles. The first kappa shape index (κ1) is 53.9. The number of hydrogen-bond acceptors (Lipinski definition) is 5. The molecule has 6 unspecified atom stereocenters. The number of carbonyl (C=O) groups excluding carboxylic acids is 2. The quantitative estimate of drug-likeness (QED) is 0.0801. The molecule has 0 saturated carbocycles. The molecule has 0 aromatic heterocycles. The summed E-state index contributed by atoms with van der Waals surface area (Å²) < 4.78 is 13.8. The number of hydrogen-bond donors (Lipinski definition) is 1. The molecule has 0 saturated heterocycles. The Morgan fingerprint density at radius 1 is 0.527 bits per heavy atom. The molecule has 0 aliphatic rings. The van der Waals surface area contributed by atoms with Crippen LogP contribution >= 0.6 is 0 Å². The van der Waals surface area contributed by atoms with E-state index in [1.165, 1.54) is 0 Å². The van der Waals surface area contributed by atoms with E-state index in [1.807, 2.05) is 13.8 Å². The zero-order valence-electron chi connectivity index (χ0n) is 41.0. The van der Waals surface area contributed by atoms with Gasteiger partial charge in [-0.2, -0.15) is 0 Å². The van der Waals surface area contributed by atoms with Gasteiger partial charge < -0.3 is 14.6 Å². The average Bonchev–Trinajstić information content (AvgIpc) is 3.14. The summed E-state index contributed by atoms with van der Waals surface area (Å²) in [6, 6.07) is 0. The van der Waals surface area contributed by atoms with E-state index in [2.05, 4.69) is 132 Å². The summed E-state index contributed by atoms with van der Waals surface area (Å²) in [5.41, 5.74) is -3.62. The minimum absolute atomic E-state index is 0.0801. The Labute approximate surface area is 344 Å². The first-order valence-electron chi connectivity index (χ1n) is 23.2. The molecule has 0 spiro atoms. The average molecular weight is 779 g/mol. The summed E-state index contributed by atoms with van der Waals surface area (Å²) in [4.78, 5) is 29.4. The Hall–Kier alpha value is -1.10. The monoisotopic (exact) mass is 779 g/mol. The van der Waals surface area contributed by atoms with Crippen LogP contribution in [0.15, 0.2) is 0 Å². The molecule has 0 bridgehead atoms. The second kappa shape index (κ2) is 21.2. The van der Waals surface area contributed by atoms with Crippen LogP contribution in [-0.2, 0) is 19.1 Å². The standard InChI is InChI=1S/C50H98O5/c1-22-37(11)32-47(20,26-5)39(51)43(13,14)34-44(15,16)41(52)54-40(48(21,27-6)36-46(19,24-3)25-4)49(28-7,29-8)35-45(17,18)42(53)55-50(30-9,31-10)33-38(12)23-2/h37-40,51H,22-36H2,1-21H3.